The predicted octanol–water partition coefficient (Wildman–Crippen LogP) is 4.03. The maximum atomic E-state index is 13.4. The van der Waals surface area contributed by atoms with Crippen LogP contribution >= 0.6 is 11.8 Å². The second kappa shape index (κ2) is 8.19. The highest BCUT2D eigenvalue weighted by Crippen LogP contribution is 2.27. The number of nitrogens with zero attached hydrogens (tertiary/aromatic N) is 2. The van der Waals surface area contributed by atoms with Crippen LogP contribution in [0.15, 0.2) is 46.3 Å². The van der Waals surface area contributed by atoms with Gasteiger partial charge in [0.25, 0.3) is 5.56 Å². The predicted molar refractivity (Wildman–Crippen MR) is 97.4 cm³/mol. The van der Waals surface area contributed by atoms with Crippen LogP contribution in [-0.2, 0) is 6.61 Å². The van der Waals surface area contributed by atoms with Gasteiger partial charge in [-0.3, -0.25) is 4.79 Å². The largest absolute Gasteiger partial charge is 0.489 e. The number of aromatic nitrogens is 2. The van der Waals surface area contributed by atoms with Crippen LogP contribution in [0.2, 0.25) is 0 Å². The third-order valence-electron chi connectivity index (χ3n) is 3.83. The lowest BCUT2D eigenvalue weighted by atomic mass is 10.0. The Morgan fingerprint density at radius 1 is 1.21 bits per heavy atom. The van der Waals surface area contributed by atoms with E-state index in [1.807, 2.05) is 6.07 Å². The monoisotopic (exact) mass is 403 g/mol. The fourth-order valence-electron chi connectivity index (χ4n) is 2.50. The highest BCUT2D eigenvalue weighted by Gasteiger charge is 2.17. The van der Waals surface area contributed by atoms with Crippen molar-refractivity contribution in [3.8, 4) is 23.1 Å². The summed E-state index contributed by atoms with van der Waals surface area (Å²) in [6.45, 7) is -0.144. The molecule has 0 atom stereocenters. The second-order valence-corrected chi connectivity index (χ2v) is 6.35. The molecule has 0 spiro atoms. The van der Waals surface area contributed by atoms with Crippen LogP contribution in [0.25, 0.3) is 11.3 Å². The number of nitrogens with one attached hydrogen (secondary N) is 1. The highest BCUT2D eigenvalue weighted by atomic mass is 32.2. The van der Waals surface area contributed by atoms with Gasteiger partial charge >= 0.3 is 0 Å². The molecule has 5 nitrogen and oxygen atoms in total. The zero-order valence-electron chi connectivity index (χ0n) is 14.4. The number of nitriles is 1. The van der Waals surface area contributed by atoms with Crippen LogP contribution in [0.1, 0.15) is 11.1 Å². The minimum Gasteiger partial charge on any atom is -0.489 e. The molecule has 1 N–H and O–H groups in total. The first-order valence-electron chi connectivity index (χ1n) is 7.88. The van der Waals surface area contributed by atoms with Crippen LogP contribution in [0.4, 0.5) is 13.2 Å². The molecule has 0 saturated carbocycles. The fourth-order valence-corrected chi connectivity index (χ4v) is 2.88. The van der Waals surface area contributed by atoms with E-state index in [0.29, 0.717) is 16.3 Å². The summed E-state index contributed by atoms with van der Waals surface area (Å²) >= 11 is 1.21. The van der Waals surface area contributed by atoms with Gasteiger partial charge in [0.2, 0.25) is 0 Å². The first-order chi connectivity index (χ1) is 13.4. The van der Waals surface area contributed by atoms with E-state index in [1.54, 1.807) is 30.5 Å². The van der Waals surface area contributed by atoms with E-state index in [1.165, 1.54) is 11.8 Å². The zero-order chi connectivity index (χ0) is 20.3. The maximum Gasteiger partial charge on any atom is 0.270 e. The SMILES string of the molecule is CSc1nc(-c2ccccc2COc2cc(F)c(F)c(F)c2)c(C#N)c(=O)[nH]1. The molecular formula is C19H12F3N3O2S. The summed E-state index contributed by atoms with van der Waals surface area (Å²) in [5.41, 5.74) is 0.420. The van der Waals surface area contributed by atoms with Gasteiger partial charge in [-0.1, -0.05) is 36.0 Å². The van der Waals surface area contributed by atoms with Gasteiger partial charge < -0.3 is 9.72 Å². The van der Waals surface area contributed by atoms with Gasteiger partial charge in [-0.05, 0) is 11.8 Å². The lowest BCUT2D eigenvalue weighted by Crippen LogP contribution is -2.15. The summed E-state index contributed by atoms with van der Waals surface area (Å²) in [6.07, 6.45) is 1.72. The molecule has 0 aliphatic heterocycles. The number of rotatable bonds is 5. The summed E-state index contributed by atoms with van der Waals surface area (Å²) in [5.74, 6) is -4.51. The zero-order valence-corrected chi connectivity index (χ0v) is 15.2. The molecule has 142 valence electrons. The van der Waals surface area contributed by atoms with E-state index in [9.17, 15) is 23.2 Å². The average molecular weight is 403 g/mol. The van der Waals surface area contributed by atoms with E-state index in [2.05, 4.69) is 9.97 Å². The normalized spacial score (nSPS) is 10.5. The summed E-state index contributed by atoms with van der Waals surface area (Å²) in [4.78, 5) is 19.0. The van der Waals surface area contributed by atoms with Gasteiger partial charge in [0.05, 0.1) is 5.69 Å². The van der Waals surface area contributed by atoms with Crippen LogP contribution in [0.5, 0.6) is 5.75 Å². The minimum absolute atomic E-state index is 0.144. The highest BCUT2D eigenvalue weighted by molar-refractivity contribution is 7.98. The lowest BCUT2D eigenvalue weighted by Gasteiger charge is -2.12. The second-order valence-electron chi connectivity index (χ2n) is 5.56. The molecule has 28 heavy (non-hydrogen) atoms. The minimum atomic E-state index is -1.58. The molecule has 0 aliphatic rings. The topological polar surface area (TPSA) is 78.8 Å². The Morgan fingerprint density at radius 2 is 1.89 bits per heavy atom. The molecule has 0 fully saturated rings. The van der Waals surface area contributed by atoms with Crippen molar-refractivity contribution in [2.75, 3.05) is 6.26 Å². The number of hydrogen-bond acceptors (Lipinski definition) is 5. The molecule has 3 aromatic rings. The van der Waals surface area contributed by atoms with Crippen LogP contribution < -0.4 is 10.3 Å². The molecule has 0 amide bonds. The number of aromatic amines is 1. The third kappa shape index (κ3) is 3.87. The molecule has 2 aromatic carbocycles. The molecule has 0 aliphatic carbocycles. The van der Waals surface area contributed by atoms with Crippen molar-refractivity contribution >= 4 is 11.8 Å². The molecule has 3 rings (SSSR count). The van der Waals surface area contributed by atoms with E-state index in [0.717, 1.165) is 12.1 Å². The van der Waals surface area contributed by atoms with Gasteiger partial charge in [-0.25, -0.2) is 18.2 Å². The van der Waals surface area contributed by atoms with Gasteiger partial charge in [-0.2, -0.15) is 5.26 Å². The standard InChI is InChI=1S/C19H12F3N3O2S/c1-28-19-24-17(13(8-23)18(26)25-19)12-5-3-2-4-10(12)9-27-11-6-14(20)16(22)15(21)7-11/h2-7H,9H2,1H3,(H,24,25,26). The first-order valence-corrected chi connectivity index (χ1v) is 9.11. The van der Waals surface area contributed by atoms with Gasteiger partial charge in [0, 0.05) is 17.7 Å². The van der Waals surface area contributed by atoms with Crippen molar-refractivity contribution in [1.29, 1.82) is 5.26 Å². The summed E-state index contributed by atoms with van der Waals surface area (Å²) < 4.78 is 45.2. The molecule has 1 aromatic heterocycles. The summed E-state index contributed by atoms with van der Waals surface area (Å²) in [6, 6.07) is 10.0. The van der Waals surface area contributed by atoms with Gasteiger partial charge in [0.15, 0.2) is 22.6 Å². The number of thioether (sulfide) groups is 1. The Hall–Kier alpha value is -3.25. The van der Waals surface area contributed by atoms with Gasteiger partial charge in [-0.15, -0.1) is 0 Å². The maximum absolute atomic E-state index is 13.4. The van der Waals surface area contributed by atoms with Crippen molar-refractivity contribution in [3.63, 3.8) is 0 Å². The number of hydrogen-bond donors (Lipinski definition) is 1. The Labute approximate surface area is 161 Å². The quantitative estimate of drug-likeness (QED) is 0.395. The molecule has 0 unspecified atom stereocenters. The molecule has 9 heteroatoms. The van der Waals surface area contributed by atoms with Crippen molar-refractivity contribution in [1.82, 2.24) is 9.97 Å². The van der Waals surface area contributed by atoms with Crippen LogP contribution in [0.3, 0.4) is 0 Å². The van der Waals surface area contributed by atoms with Crippen molar-refractivity contribution in [2.24, 2.45) is 0 Å². The Kier molecular flexibility index (Phi) is 5.70. The fraction of sp³-hybridized carbons (Fsp3) is 0.105. The number of halogens is 3. The number of benzene rings is 2. The van der Waals surface area contributed by atoms with E-state index in [-0.39, 0.29) is 23.6 Å². The molecule has 0 saturated heterocycles. The number of H-pyrrole nitrogens is 1. The van der Waals surface area contributed by atoms with Gasteiger partial charge in [0.1, 0.15) is 24.0 Å². The molecular weight excluding hydrogens is 391 g/mol. The van der Waals surface area contributed by atoms with Crippen LogP contribution in [-0.4, -0.2) is 16.2 Å². The smallest absolute Gasteiger partial charge is 0.270 e. The van der Waals surface area contributed by atoms with E-state index in [4.69, 9.17) is 4.74 Å². The Bertz CT molecular complexity index is 1120. The summed E-state index contributed by atoms with van der Waals surface area (Å²) in [7, 11) is 0. The van der Waals surface area contributed by atoms with E-state index < -0.39 is 23.0 Å². The van der Waals surface area contributed by atoms with Crippen molar-refractivity contribution < 1.29 is 17.9 Å². The first kappa shape index (κ1) is 19.5. The molecule has 0 radical (unpaired) electrons. The lowest BCUT2D eigenvalue weighted by molar-refractivity contribution is 0.300. The van der Waals surface area contributed by atoms with E-state index >= 15 is 0 Å². The summed E-state index contributed by atoms with van der Waals surface area (Å²) in [5, 5.41) is 9.67. The molecule has 0 bridgehead atoms. The third-order valence-corrected chi connectivity index (χ3v) is 4.41. The Morgan fingerprint density at radius 3 is 2.54 bits per heavy atom. The average Bonchev–Trinajstić information content (AvgIpc) is 2.69. The Balaban J connectivity index is 2.01. The van der Waals surface area contributed by atoms with Crippen molar-refractivity contribution in [2.45, 2.75) is 11.8 Å². The number of ether oxygens (including phenoxy) is 1. The molecule has 1 heterocycles. The van der Waals surface area contributed by atoms with Crippen molar-refractivity contribution in [3.05, 3.63) is 75.3 Å². The van der Waals surface area contributed by atoms with Crippen LogP contribution in [0, 0.1) is 28.8 Å².